The molecule has 4 rings (SSSR count). The van der Waals surface area contributed by atoms with E-state index in [1.807, 2.05) is 19.9 Å². The summed E-state index contributed by atoms with van der Waals surface area (Å²) in [6.45, 7) is 14.0. The van der Waals surface area contributed by atoms with Gasteiger partial charge in [-0.2, -0.15) is 0 Å². The van der Waals surface area contributed by atoms with E-state index in [1.165, 1.54) is 32.4 Å². The lowest BCUT2D eigenvalue weighted by molar-refractivity contribution is -0.277. The van der Waals surface area contributed by atoms with Crippen LogP contribution in [0, 0.1) is 22.7 Å². The molecule has 9 nitrogen and oxygen atoms in total. The highest BCUT2D eigenvalue weighted by Crippen LogP contribution is 2.67. The summed E-state index contributed by atoms with van der Waals surface area (Å²) >= 11 is 0. The summed E-state index contributed by atoms with van der Waals surface area (Å²) in [5.41, 5.74) is 0.449. The van der Waals surface area contributed by atoms with Crippen molar-refractivity contribution < 1.29 is 43.5 Å². The van der Waals surface area contributed by atoms with Crippen molar-refractivity contribution >= 4 is 18.0 Å². The summed E-state index contributed by atoms with van der Waals surface area (Å²) < 4.78 is 30.0. The Morgan fingerprint density at radius 1 is 1.14 bits per heavy atom. The van der Waals surface area contributed by atoms with Crippen molar-refractivity contribution in [3.63, 3.8) is 0 Å². The number of phenolic OH excluding ortho intramolecular Hbond substituents is 1. The fourth-order valence-corrected chi connectivity index (χ4v) is 7.46. The number of ether oxygens (including phenoxy) is 5. The molecule has 1 aromatic carbocycles. The molecule has 2 fully saturated rings. The van der Waals surface area contributed by atoms with E-state index in [0.29, 0.717) is 43.2 Å². The number of benzene rings is 1. The third-order valence-electron chi connectivity index (χ3n) is 9.93. The minimum atomic E-state index is -1.23. The lowest BCUT2D eigenvalue weighted by Crippen LogP contribution is -2.68. The minimum absolute atomic E-state index is 0.121. The van der Waals surface area contributed by atoms with Gasteiger partial charge in [-0.3, -0.25) is 4.79 Å². The van der Waals surface area contributed by atoms with Gasteiger partial charge in [-0.05, 0) is 72.4 Å². The van der Waals surface area contributed by atoms with Crippen molar-refractivity contribution in [1.29, 1.82) is 0 Å². The third-order valence-corrected chi connectivity index (χ3v) is 9.93. The second-order valence-electron chi connectivity index (χ2n) is 12.3. The first kappa shape index (κ1) is 33.6. The van der Waals surface area contributed by atoms with Crippen LogP contribution in [0.15, 0.2) is 66.8 Å². The zero-order valence-electron chi connectivity index (χ0n) is 26.4. The van der Waals surface area contributed by atoms with E-state index in [4.69, 9.17) is 23.7 Å². The molecular formula is C35H46O9. The van der Waals surface area contributed by atoms with Gasteiger partial charge in [-0.1, -0.05) is 57.7 Å². The minimum Gasteiger partial charge on any atom is -0.508 e. The molecule has 2 N–H and O–H groups in total. The highest BCUT2D eigenvalue weighted by Gasteiger charge is 2.73. The van der Waals surface area contributed by atoms with Gasteiger partial charge in [0.1, 0.15) is 24.1 Å². The number of hydrogen-bond donors (Lipinski definition) is 2. The molecule has 1 spiro atoms. The highest BCUT2D eigenvalue weighted by molar-refractivity contribution is 5.87. The number of esters is 2. The van der Waals surface area contributed by atoms with Crippen LogP contribution < -0.4 is 0 Å². The number of aliphatic hydroxyl groups is 1. The van der Waals surface area contributed by atoms with Crippen molar-refractivity contribution in [2.24, 2.45) is 22.7 Å². The number of allylic oxidation sites excluding steroid dienone is 2. The van der Waals surface area contributed by atoms with E-state index >= 15 is 0 Å². The van der Waals surface area contributed by atoms with Crippen molar-refractivity contribution in [2.75, 3.05) is 14.2 Å². The van der Waals surface area contributed by atoms with Gasteiger partial charge in [0, 0.05) is 32.6 Å². The normalized spacial score (nSPS) is 34.5. The number of aliphatic hydroxyl groups excluding tert-OH is 1. The van der Waals surface area contributed by atoms with Crippen molar-refractivity contribution in [1.82, 2.24) is 0 Å². The Hall–Kier alpha value is -3.24. The zero-order valence-corrected chi connectivity index (χ0v) is 26.4. The maximum absolute atomic E-state index is 13.3. The van der Waals surface area contributed by atoms with Gasteiger partial charge in [0.15, 0.2) is 12.6 Å². The van der Waals surface area contributed by atoms with Crippen LogP contribution in [0.3, 0.4) is 0 Å². The molecule has 1 aromatic rings. The van der Waals surface area contributed by atoms with Crippen LogP contribution in [-0.2, 0) is 33.3 Å². The topological polar surface area (TPSA) is 121 Å². The first-order valence-corrected chi connectivity index (χ1v) is 15.2. The van der Waals surface area contributed by atoms with E-state index in [2.05, 4.69) is 20.1 Å². The second kappa shape index (κ2) is 13.8. The Bertz CT molecular complexity index is 1280. The van der Waals surface area contributed by atoms with Gasteiger partial charge >= 0.3 is 11.9 Å². The summed E-state index contributed by atoms with van der Waals surface area (Å²) in [6, 6.07) is 6.41. The molecule has 240 valence electrons. The van der Waals surface area contributed by atoms with Gasteiger partial charge in [0.25, 0.3) is 0 Å². The standard InChI is InChI=1S/C35H46O9/c1-8-10-28(37)42-25-19-26-32(40-6)44-33(41-7)35(26)27(20-25)34(5,18-17-21(3)9-2)22(4)30(31(35)39)43-29(38)16-13-23-11-14-24(36)15-12-23/h9,11-16,19,22,25,27,30-33,36,39H,2-3,8,10,17-18,20H2,1,4-7H3/b16-13+/t22-,25+,27+,30-,31+,32-,33-,34-,35-/m1/s1. The summed E-state index contributed by atoms with van der Waals surface area (Å²) in [4.78, 5) is 25.9. The van der Waals surface area contributed by atoms with Crippen LogP contribution in [0.1, 0.15) is 58.4 Å². The summed E-state index contributed by atoms with van der Waals surface area (Å²) in [5.74, 6) is -1.44. The molecule has 9 heteroatoms. The Labute approximate surface area is 260 Å². The molecule has 0 amide bonds. The highest BCUT2D eigenvalue weighted by atomic mass is 16.8. The molecule has 1 aliphatic heterocycles. The fraction of sp³-hybridized carbons (Fsp3) is 0.543. The lowest BCUT2D eigenvalue weighted by Gasteiger charge is -2.62. The van der Waals surface area contributed by atoms with Crippen molar-refractivity contribution in [2.45, 2.75) is 83.8 Å². The molecule has 0 aromatic heterocycles. The lowest BCUT2D eigenvalue weighted by atomic mass is 9.44. The number of methoxy groups -OCH3 is 2. The Morgan fingerprint density at radius 2 is 1.84 bits per heavy atom. The Morgan fingerprint density at radius 3 is 2.45 bits per heavy atom. The van der Waals surface area contributed by atoms with Crippen LogP contribution >= 0.6 is 0 Å². The monoisotopic (exact) mass is 610 g/mol. The number of phenols is 1. The quantitative estimate of drug-likeness (QED) is 0.137. The predicted molar refractivity (Wildman–Crippen MR) is 165 cm³/mol. The maximum Gasteiger partial charge on any atom is 0.331 e. The molecule has 2 aliphatic carbocycles. The molecule has 44 heavy (non-hydrogen) atoms. The second-order valence-corrected chi connectivity index (χ2v) is 12.3. The molecule has 1 saturated carbocycles. The summed E-state index contributed by atoms with van der Waals surface area (Å²) in [7, 11) is 3.03. The molecule has 9 atom stereocenters. The predicted octanol–water partition coefficient (Wildman–Crippen LogP) is 5.48. The molecule has 0 bridgehead atoms. The average Bonchev–Trinajstić information content (AvgIpc) is 3.34. The van der Waals surface area contributed by atoms with Gasteiger partial charge in [0.2, 0.25) is 0 Å². The molecule has 1 saturated heterocycles. The fourth-order valence-electron chi connectivity index (χ4n) is 7.46. The van der Waals surface area contributed by atoms with Crippen LogP contribution in [0.25, 0.3) is 6.08 Å². The number of rotatable bonds is 12. The van der Waals surface area contributed by atoms with Crippen molar-refractivity contribution in [3.05, 3.63) is 72.4 Å². The molecule has 3 aliphatic rings. The van der Waals surface area contributed by atoms with E-state index in [1.54, 1.807) is 24.3 Å². The SMILES string of the molecule is C=CC(=C)CC[C@]1(C)[C@H](C)[C@@H](OC(=O)/C=C/c2ccc(O)cc2)[C@H](O)[C@@]23C(=C[C@H](OC(=O)CCC)C[C@@H]12)[C@H](OC)O[C@H]3OC. The molecule has 1 heterocycles. The van der Waals surface area contributed by atoms with Gasteiger partial charge in [-0.15, -0.1) is 0 Å². The summed E-state index contributed by atoms with van der Waals surface area (Å²) in [5, 5.41) is 21.9. The molecule has 0 unspecified atom stereocenters. The van der Waals surface area contributed by atoms with Crippen LogP contribution in [0.5, 0.6) is 5.75 Å². The smallest absolute Gasteiger partial charge is 0.331 e. The number of aromatic hydroxyl groups is 1. The first-order valence-electron chi connectivity index (χ1n) is 15.2. The Kier molecular flexibility index (Phi) is 10.6. The van der Waals surface area contributed by atoms with Crippen LogP contribution in [0.4, 0.5) is 0 Å². The van der Waals surface area contributed by atoms with E-state index in [0.717, 1.165) is 5.57 Å². The molecular weight excluding hydrogens is 564 g/mol. The van der Waals surface area contributed by atoms with Crippen LogP contribution in [-0.4, -0.2) is 67.3 Å². The van der Waals surface area contributed by atoms with Crippen LogP contribution in [0.2, 0.25) is 0 Å². The Balaban J connectivity index is 1.80. The number of carbonyl (C=O) groups is 2. The summed E-state index contributed by atoms with van der Waals surface area (Å²) in [6.07, 6.45) is 4.57. The van der Waals surface area contributed by atoms with E-state index in [9.17, 15) is 19.8 Å². The van der Waals surface area contributed by atoms with Gasteiger partial charge < -0.3 is 33.9 Å². The maximum atomic E-state index is 13.3. The first-order chi connectivity index (χ1) is 21.0. The molecule has 0 radical (unpaired) electrons. The number of carbonyl (C=O) groups excluding carboxylic acids is 2. The number of hydrogen-bond acceptors (Lipinski definition) is 9. The van der Waals surface area contributed by atoms with Gasteiger partial charge in [0.05, 0.1) is 5.41 Å². The average molecular weight is 611 g/mol. The van der Waals surface area contributed by atoms with Gasteiger partial charge in [-0.25, -0.2) is 4.79 Å². The zero-order chi connectivity index (χ0) is 32.2. The van der Waals surface area contributed by atoms with Crippen molar-refractivity contribution in [3.8, 4) is 5.75 Å². The largest absolute Gasteiger partial charge is 0.508 e. The van der Waals surface area contributed by atoms with E-state index < -0.39 is 47.7 Å². The third kappa shape index (κ3) is 6.15. The van der Waals surface area contributed by atoms with E-state index in [-0.39, 0.29) is 23.6 Å².